The second-order valence-corrected chi connectivity index (χ2v) is 8.25. The number of nitrogens with two attached hydrogens (primary N) is 2. The van der Waals surface area contributed by atoms with Crippen molar-refractivity contribution in [1.29, 1.82) is 5.41 Å². The molecule has 0 aliphatic carbocycles. The molecule has 0 spiro atoms. The standard InChI is InChI=1S/C23H37N7O2/c1-27-14-17(13-24)16-3-4-20(25)19(11-16)23(26)21-12-22(29-15-28-21)30-7-5-18(6-8-30)32-10-9-31-2/h3-4,11,14,17-18,21,26,28H,5-10,12-13,15,24-25H2,1-2H3. The maximum atomic E-state index is 8.88. The summed E-state index contributed by atoms with van der Waals surface area (Å²) < 4.78 is 10.9. The molecule has 0 radical (unpaired) electrons. The molecule has 1 saturated heterocycles. The molecule has 32 heavy (non-hydrogen) atoms. The van der Waals surface area contributed by atoms with Crippen LogP contribution in [0.5, 0.6) is 0 Å². The average molecular weight is 444 g/mol. The number of anilines is 1. The summed E-state index contributed by atoms with van der Waals surface area (Å²) in [5.74, 6) is 1.07. The van der Waals surface area contributed by atoms with E-state index in [1.54, 1.807) is 14.2 Å². The first-order valence-corrected chi connectivity index (χ1v) is 11.3. The number of rotatable bonds is 9. The van der Waals surface area contributed by atoms with Crippen molar-refractivity contribution in [3.8, 4) is 0 Å². The minimum Gasteiger partial charge on any atom is -0.398 e. The number of hydrogen-bond acceptors (Lipinski definition) is 9. The summed E-state index contributed by atoms with van der Waals surface area (Å²) in [6, 6.07) is 5.67. The first-order valence-electron chi connectivity index (χ1n) is 11.3. The molecule has 6 N–H and O–H groups in total. The Bertz CT molecular complexity index is 819. The van der Waals surface area contributed by atoms with Gasteiger partial charge in [0.25, 0.3) is 0 Å². The van der Waals surface area contributed by atoms with Gasteiger partial charge in [-0.1, -0.05) is 6.07 Å². The van der Waals surface area contributed by atoms with E-state index in [1.165, 1.54) is 0 Å². The zero-order valence-electron chi connectivity index (χ0n) is 19.2. The summed E-state index contributed by atoms with van der Waals surface area (Å²) in [5.41, 5.74) is 15.0. The Morgan fingerprint density at radius 3 is 2.84 bits per heavy atom. The van der Waals surface area contributed by atoms with E-state index in [0.29, 0.717) is 44.2 Å². The number of aliphatic imine (C=N–C) groups is 2. The van der Waals surface area contributed by atoms with Crippen LogP contribution in [0.2, 0.25) is 0 Å². The van der Waals surface area contributed by atoms with Gasteiger partial charge in [0.1, 0.15) is 5.84 Å². The smallest absolute Gasteiger partial charge is 0.102 e. The van der Waals surface area contributed by atoms with E-state index >= 15 is 0 Å². The van der Waals surface area contributed by atoms with E-state index in [9.17, 15) is 0 Å². The molecule has 3 rings (SSSR count). The summed E-state index contributed by atoms with van der Waals surface area (Å²) in [5, 5.41) is 12.2. The van der Waals surface area contributed by atoms with Crippen molar-refractivity contribution in [2.75, 3.05) is 59.4 Å². The molecule has 2 aliphatic heterocycles. The second kappa shape index (κ2) is 12.1. The third kappa shape index (κ3) is 6.13. The van der Waals surface area contributed by atoms with Gasteiger partial charge in [-0.25, -0.2) is 0 Å². The summed E-state index contributed by atoms with van der Waals surface area (Å²) >= 11 is 0. The van der Waals surface area contributed by atoms with Gasteiger partial charge in [-0.2, -0.15) is 0 Å². The minimum atomic E-state index is -0.133. The van der Waals surface area contributed by atoms with Gasteiger partial charge in [-0.15, -0.1) is 0 Å². The van der Waals surface area contributed by atoms with Crippen LogP contribution in [0.3, 0.4) is 0 Å². The summed E-state index contributed by atoms with van der Waals surface area (Å²) in [6.45, 7) is 4.06. The number of nitrogen functional groups attached to an aromatic ring is 1. The number of amidine groups is 1. The van der Waals surface area contributed by atoms with Gasteiger partial charge in [0.2, 0.25) is 0 Å². The Labute approximate surface area is 190 Å². The highest BCUT2D eigenvalue weighted by molar-refractivity contribution is 6.08. The van der Waals surface area contributed by atoms with E-state index in [2.05, 4.69) is 15.2 Å². The Kier molecular flexibility index (Phi) is 9.16. The fraction of sp³-hybridized carbons (Fsp3) is 0.609. The third-order valence-corrected chi connectivity index (χ3v) is 6.16. The molecule has 176 valence electrons. The van der Waals surface area contributed by atoms with Gasteiger partial charge in [0, 0.05) is 63.6 Å². The van der Waals surface area contributed by atoms with Crippen molar-refractivity contribution in [3.05, 3.63) is 29.3 Å². The maximum Gasteiger partial charge on any atom is 0.102 e. The van der Waals surface area contributed by atoms with Crippen LogP contribution in [0.25, 0.3) is 0 Å². The topological polar surface area (TPSA) is 134 Å². The zero-order valence-corrected chi connectivity index (χ0v) is 19.2. The SMILES string of the molecule is CN=CC(CN)c1ccc(N)c(C(=N)C2CC(N3CCC(OCCOC)CC3)=NCN2)c1. The van der Waals surface area contributed by atoms with Crippen LogP contribution >= 0.6 is 0 Å². The van der Waals surface area contributed by atoms with E-state index < -0.39 is 0 Å². The third-order valence-electron chi connectivity index (χ3n) is 6.16. The van der Waals surface area contributed by atoms with Crippen LogP contribution < -0.4 is 16.8 Å². The van der Waals surface area contributed by atoms with Crippen molar-refractivity contribution in [3.63, 3.8) is 0 Å². The molecule has 0 aromatic heterocycles. The molecule has 2 heterocycles. The first-order chi connectivity index (χ1) is 15.6. The van der Waals surface area contributed by atoms with Gasteiger partial charge < -0.3 is 36.2 Å². The molecule has 1 aromatic carbocycles. The van der Waals surface area contributed by atoms with Gasteiger partial charge >= 0.3 is 0 Å². The number of piperidine rings is 1. The largest absolute Gasteiger partial charge is 0.398 e. The molecule has 9 heteroatoms. The van der Waals surface area contributed by atoms with Crippen molar-refractivity contribution in [2.24, 2.45) is 15.7 Å². The Hall–Kier alpha value is -2.33. The second-order valence-electron chi connectivity index (χ2n) is 8.25. The van der Waals surface area contributed by atoms with E-state index in [1.807, 2.05) is 24.4 Å². The Morgan fingerprint density at radius 1 is 1.38 bits per heavy atom. The monoisotopic (exact) mass is 443 g/mol. The number of ether oxygens (including phenoxy) is 2. The van der Waals surface area contributed by atoms with Crippen LogP contribution in [0.15, 0.2) is 28.2 Å². The van der Waals surface area contributed by atoms with Gasteiger partial charge in [0.05, 0.1) is 37.7 Å². The van der Waals surface area contributed by atoms with Crippen LogP contribution in [0, 0.1) is 5.41 Å². The number of hydrogen-bond donors (Lipinski definition) is 4. The minimum absolute atomic E-state index is 0.0102. The quantitative estimate of drug-likeness (QED) is 0.258. The molecular formula is C23H37N7O2. The summed E-state index contributed by atoms with van der Waals surface area (Å²) in [7, 11) is 3.43. The fourth-order valence-corrected chi connectivity index (χ4v) is 4.27. The molecule has 2 aliphatic rings. The molecule has 1 aromatic rings. The van der Waals surface area contributed by atoms with Crippen molar-refractivity contribution in [2.45, 2.75) is 37.3 Å². The molecule has 2 atom stereocenters. The lowest BCUT2D eigenvalue weighted by Gasteiger charge is -2.37. The highest BCUT2D eigenvalue weighted by Crippen LogP contribution is 2.23. The average Bonchev–Trinajstić information content (AvgIpc) is 2.83. The highest BCUT2D eigenvalue weighted by Gasteiger charge is 2.28. The lowest BCUT2D eigenvalue weighted by Crippen LogP contribution is -2.49. The first kappa shape index (κ1) is 24.3. The maximum absolute atomic E-state index is 8.88. The van der Waals surface area contributed by atoms with E-state index in [4.69, 9.17) is 31.3 Å². The molecule has 0 bridgehead atoms. The van der Waals surface area contributed by atoms with E-state index in [0.717, 1.165) is 42.9 Å². The van der Waals surface area contributed by atoms with Crippen molar-refractivity contribution < 1.29 is 9.47 Å². The number of benzene rings is 1. The highest BCUT2D eigenvalue weighted by atomic mass is 16.5. The van der Waals surface area contributed by atoms with Crippen molar-refractivity contribution in [1.82, 2.24) is 10.2 Å². The normalized spacial score (nSPS) is 21.0. The fourth-order valence-electron chi connectivity index (χ4n) is 4.27. The van der Waals surface area contributed by atoms with Crippen LogP contribution in [-0.4, -0.2) is 88.5 Å². The number of nitrogens with one attached hydrogen (secondary N) is 2. The summed E-state index contributed by atoms with van der Waals surface area (Å²) in [6.07, 6.45) is 4.75. The summed E-state index contributed by atoms with van der Waals surface area (Å²) in [4.78, 5) is 11.1. The lowest BCUT2D eigenvalue weighted by molar-refractivity contribution is -0.00670. The molecule has 9 nitrogen and oxygen atoms in total. The van der Waals surface area contributed by atoms with Crippen LogP contribution in [-0.2, 0) is 9.47 Å². The molecule has 0 saturated carbocycles. The molecule has 2 unspecified atom stereocenters. The predicted molar refractivity (Wildman–Crippen MR) is 130 cm³/mol. The predicted octanol–water partition coefficient (Wildman–Crippen LogP) is 1.22. The van der Waals surface area contributed by atoms with Gasteiger partial charge in [0.15, 0.2) is 0 Å². The van der Waals surface area contributed by atoms with Crippen LogP contribution in [0.4, 0.5) is 5.69 Å². The molecule has 1 fully saturated rings. The van der Waals surface area contributed by atoms with Crippen molar-refractivity contribution >= 4 is 23.4 Å². The van der Waals surface area contributed by atoms with Crippen LogP contribution in [0.1, 0.15) is 36.3 Å². The number of nitrogens with zero attached hydrogens (tertiary/aromatic N) is 3. The molecule has 0 amide bonds. The number of methoxy groups -OCH3 is 1. The lowest BCUT2D eigenvalue weighted by atomic mass is 9.92. The zero-order chi connectivity index (χ0) is 22.9. The Morgan fingerprint density at radius 2 is 2.16 bits per heavy atom. The van der Waals surface area contributed by atoms with Gasteiger partial charge in [-0.3, -0.25) is 10.3 Å². The Balaban J connectivity index is 1.63. The number of likely N-dealkylation sites (tertiary alicyclic amines) is 1. The van der Waals surface area contributed by atoms with Gasteiger partial charge in [-0.05, 0) is 30.5 Å². The van der Waals surface area contributed by atoms with E-state index in [-0.39, 0.29) is 18.1 Å². The molecular weight excluding hydrogens is 406 g/mol.